The zero-order chi connectivity index (χ0) is 17.1. The van der Waals surface area contributed by atoms with Crippen molar-refractivity contribution < 1.29 is 0 Å². The number of fused-ring (bicyclic) bond motifs is 2. The monoisotopic (exact) mass is 320 g/mol. The number of nitrogens with one attached hydrogen (secondary N) is 1. The molecule has 0 bridgehead atoms. The van der Waals surface area contributed by atoms with E-state index >= 15 is 0 Å². The normalized spacial score (nSPS) is 11.2. The number of benzene rings is 1. The highest BCUT2D eigenvalue weighted by atomic mass is 15.1. The second-order valence-corrected chi connectivity index (χ2v) is 6.66. The predicted molar refractivity (Wildman–Crippen MR) is 99.5 cm³/mol. The molecule has 0 unspecified atom stereocenters. The van der Waals surface area contributed by atoms with Gasteiger partial charge in [-0.3, -0.25) is 5.10 Å². The number of imidazole rings is 1. The van der Waals surface area contributed by atoms with E-state index in [-0.39, 0.29) is 0 Å². The quantitative estimate of drug-likeness (QED) is 0.555. The maximum absolute atomic E-state index is 4.48. The topological polar surface area (TPSA) is 46.0 Å². The van der Waals surface area contributed by atoms with E-state index in [9.17, 15) is 0 Å². The molecule has 0 saturated carbocycles. The van der Waals surface area contributed by atoms with Crippen LogP contribution in [-0.4, -0.2) is 19.6 Å². The zero-order valence-corrected chi connectivity index (χ0v) is 14.7. The minimum absolute atomic E-state index is 0.505. The standard InChI is InChI=1S/2C10H12N2/c1-7(2)8-3-4-10-9(5-8)6-11-12-10;1-8(2)9-7-12-6-4-3-5-10(12)11-9/h3-7H,1-2H3,(H,11,12);3-8H,1-2H3. The molecule has 0 saturated heterocycles. The maximum atomic E-state index is 4.48. The van der Waals surface area contributed by atoms with Gasteiger partial charge in [-0.25, -0.2) is 4.98 Å². The fourth-order valence-corrected chi connectivity index (χ4v) is 2.55. The summed E-state index contributed by atoms with van der Waals surface area (Å²) in [6.07, 6.45) is 5.97. The Morgan fingerprint density at radius 2 is 1.83 bits per heavy atom. The van der Waals surface area contributed by atoms with E-state index in [0.717, 1.165) is 16.9 Å². The number of pyridine rings is 1. The van der Waals surface area contributed by atoms with E-state index in [4.69, 9.17) is 0 Å². The number of hydrogen-bond acceptors (Lipinski definition) is 2. The Morgan fingerprint density at radius 1 is 1.00 bits per heavy atom. The molecular formula is C20H24N4. The number of rotatable bonds is 2. The molecule has 0 spiro atoms. The molecule has 1 aromatic carbocycles. The van der Waals surface area contributed by atoms with Crippen molar-refractivity contribution in [3.8, 4) is 0 Å². The highest BCUT2D eigenvalue weighted by molar-refractivity contribution is 5.78. The van der Waals surface area contributed by atoms with E-state index in [1.165, 1.54) is 10.9 Å². The summed E-state index contributed by atoms with van der Waals surface area (Å²) in [7, 11) is 0. The SMILES string of the molecule is CC(C)c1ccc2[nH]ncc2c1.CC(C)c1cn2ccccc2n1. The molecular weight excluding hydrogens is 296 g/mol. The van der Waals surface area contributed by atoms with E-state index in [1.807, 2.05) is 30.6 Å². The molecule has 24 heavy (non-hydrogen) atoms. The van der Waals surface area contributed by atoms with E-state index in [2.05, 4.69) is 71.7 Å². The molecule has 0 amide bonds. The number of nitrogens with zero attached hydrogens (tertiary/aromatic N) is 3. The Bertz CT molecular complexity index is 892. The first-order chi connectivity index (χ1) is 11.5. The Kier molecular flexibility index (Phi) is 4.65. The second kappa shape index (κ2) is 6.87. The number of aromatic nitrogens is 4. The van der Waals surface area contributed by atoms with E-state index < -0.39 is 0 Å². The van der Waals surface area contributed by atoms with Crippen molar-refractivity contribution in [1.29, 1.82) is 0 Å². The van der Waals surface area contributed by atoms with Crippen molar-refractivity contribution in [2.45, 2.75) is 39.5 Å². The van der Waals surface area contributed by atoms with Crippen molar-refractivity contribution in [3.63, 3.8) is 0 Å². The van der Waals surface area contributed by atoms with Crippen molar-refractivity contribution >= 4 is 16.6 Å². The minimum atomic E-state index is 0.505. The largest absolute Gasteiger partial charge is 0.307 e. The average molecular weight is 320 g/mol. The molecule has 4 rings (SSSR count). The summed E-state index contributed by atoms with van der Waals surface area (Å²) >= 11 is 0. The van der Waals surface area contributed by atoms with Crippen LogP contribution in [0.2, 0.25) is 0 Å². The number of H-pyrrole nitrogens is 1. The summed E-state index contributed by atoms with van der Waals surface area (Å²) in [6, 6.07) is 12.4. The van der Waals surface area contributed by atoms with Gasteiger partial charge in [0, 0.05) is 17.8 Å². The molecule has 1 N–H and O–H groups in total. The molecule has 4 heteroatoms. The van der Waals surface area contributed by atoms with Crippen LogP contribution in [0.5, 0.6) is 0 Å². The summed E-state index contributed by atoms with van der Waals surface area (Å²) < 4.78 is 2.05. The first-order valence-corrected chi connectivity index (χ1v) is 8.41. The first-order valence-electron chi connectivity index (χ1n) is 8.41. The summed E-state index contributed by atoms with van der Waals surface area (Å²) in [4.78, 5) is 4.48. The molecule has 0 aliphatic rings. The summed E-state index contributed by atoms with van der Waals surface area (Å²) in [5, 5.41) is 8.11. The maximum Gasteiger partial charge on any atom is 0.136 e. The van der Waals surface area contributed by atoms with Crippen molar-refractivity contribution in [2.75, 3.05) is 0 Å². The highest BCUT2D eigenvalue weighted by Crippen LogP contribution is 2.19. The lowest BCUT2D eigenvalue weighted by Crippen LogP contribution is -1.85. The lowest BCUT2D eigenvalue weighted by Gasteiger charge is -2.03. The molecule has 3 heterocycles. The van der Waals surface area contributed by atoms with Gasteiger partial charge in [0.15, 0.2) is 0 Å². The van der Waals surface area contributed by atoms with Gasteiger partial charge in [0.05, 0.1) is 17.4 Å². The third kappa shape index (κ3) is 3.48. The molecule has 0 radical (unpaired) electrons. The van der Waals surface area contributed by atoms with Crippen molar-refractivity contribution in [1.82, 2.24) is 19.6 Å². The van der Waals surface area contributed by atoms with Gasteiger partial charge in [-0.2, -0.15) is 5.10 Å². The van der Waals surface area contributed by atoms with Crippen LogP contribution in [0.4, 0.5) is 0 Å². The van der Waals surface area contributed by atoms with Crippen molar-refractivity contribution in [3.05, 3.63) is 66.2 Å². The van der Waals surface area contributed by atoms with Gasteiger partial charge in [0.25, 0.3) is 0 Å². The third-order valence-electron chi connectivity index (χ3n) is 4.11. The van der Waals surface area contributed by atoms with Gasteiger partial charge in [-0.1, -0.05) is 39.8 Å². The summed E-state index contributed by atoms with van der Waals surface area (Å²) in [6.45, 7) is 8.70. The van der Waals surface area contributed by atoms with Crippen LogP contribution in [0.1, 0.15) is 50.8 Å². The Balaban J connectivity index is 0.000000141. The molecule has 4 aromatic rings. The lowest BCUT2D eigenvalue weighted by molar-refractivity contribution is 0.834. The highest BCUT2D eigenvalue weighted by Gasteiger charge is 2.03. The smallest absolute Gasteiger partial charge is 0.136 e. The average Bonchev–Trinajstić information content (AvgIpc) is 3.21. The lowest BCUT2D eigenvalue weighted by atomic mass is 10.0. The zero-order valence-electron chi connectivity index (χ0n) is 14.7. The molecule has 3 aromatic heterocycles. The molecule has 0 aliphatic heterocycles. The summed E-state index contributed by atoms with van der Waals surface area (Å²) in [5.41, 5.74) is 4.66. The molecule has 0 fully saturated rings. The molecule has 0 aliphatic carbocycles. The Morgan fingerprint density at radius 3 is 2.54 bits per heavy atom. The van der Waals surface area contributed by atoms with E-state index in [0.29, 0.717) is 11.8 Å². The summed E-state index contributed by atoms with van der Waals surface area (Å²) in [5.74, 6) is 1.09. The van der Waals surface area contributed by atoms with Crippen LogP contribution in [0.25, 0.3) is 16.6 Å². The number of hydrogen-bond donors (Lipinski definition) is 1. The van der Waals surface area contributed by atoms with Crippen LogP contribution in [-0.2, 0) is 0 Å². The Hall–Kier alpha value is -2.62. The second-order valence-electron chi connectivity index (χ2n) is 6.66. The minimum Gasteiger partial charge on any atom is -0.307 e. The third-order valence-corrected chi connectivity index (χ3v) is 4.11. The van der Waals surface area contributed by atoms with Gasteiger partial charge in [-0.15, -0.1) is 0 Å². The van der Waals surface area contributed by atoms with Gasteiger partial charge in [0.1, 0.15) is 5.65 Å². The molecule has 0 atom stereocenters. The van der Waals surface area contributed by atoms with Gasteiger partial charge >= 0.3 is 0 Å². The van der Waals surface area contributed by atoms with Gasteiger partial charge < -0.3 is 4.40 Å². The van der Waals surface area contributed by atoms with Crippen LogP contribution in [0.15, 0.2) is 55.0 Å². The van der Waals surface area contributed by atoms with Gasteiger partial charge in [0.2, 0.25) is 0 Å². The van der Waals surface area contributed by atoms with Crippen molar-refractivity contribution in [2.24, 2.45) is 0 Å². The fraction of sp³-hybridized carbons (Fsp3) is 0.300. The first kappa shape index (κ1) is 16.2. The van der Waals surface area contributed by atoms with Crippen LogP contribution < -0.4 is 0 Å². The molecule has 124 valence electrons. The van der Waals surface area contributed by atoms with Crippen LogP contribution in [0, 0.1) is 0 Å². The number of aromatic amines is 1. The molecule has 4 nitrogen and oxygen atoms in total. The van der Waals surface area contributed by atoms with E-state index in [1.54, 1.807) is 0 Å². The van der Waals surface area contributed by atoms with Crippen LogP contribution >= 0.6 is 0 Å². The Labute approximate surface area is 142 Å². The fourth-order valence-electron chi connectivity index (χ4n) is 2.55. The van der Waals surface area contributed by atoms with Crippen LogP contribution in [0.3, 0.4) is 0 Å². The van der Waals surface area contributed by atoms with Gasteiger partial charge in [-0.05, 0) is 41.7 Å². The predicted octanol–water partition coefficient (Wildman–Crippen LogP) is 5.14.